The highest BCUT2D eigenvalue weighted by Gasteiger charge is 2.18. The minimum atomic E-state index is -0.0530. The van der Waals surface area contributed by atoms with Gasteiger partial charge in [-0.3, -0.25) is 9.48 Å². The second kappa shape index (κ2) is 5.69. The summed E-state index contributed by atoms with van der Waals surface area (Å²) in [5, 5.41) is 4.18. The standard InChI is InChI=1S/C15H18N2O2/c1-4-9-17-13(7-8-16-17)15(18)12-6-5-11(2)10-14(12)19-3/h5-8,10H,4,9H2,1-3H3. The minimum absolute atomic E-state index is 0.0530. The van der Waals surface area contributed by atoms with Gasteiger partial charge in [0.05, 0.1) is 12.7 Å². The summed E-state index contributed by atoms with van der Waals surface area (Å²) in [6.07, 6.45) is 2.59. The fraction of sp³-hybridized carbons (Fsp3) is 0.333. The Morgan fingerprint density at radius 2 is 2.16 bits per heavy atom. The second-order valence-electron chi connectivity index (χ2n) is 4.47. The molecule has 0 aliphatic heterocycles. The van der Waals surface area contributed by atoms with Crippen LogP contribution in [0.2, 0.25) is 0 Å². The van der Waals surface area contributed by atoms with Crippen molar-refractivity contribution in [3.8, 4) is 5.75 Å². The van der Waals surface area contributed by atoms with Gasteiger partial charge in [0.25, 0.3) is 0 Å². The van der Waals surface area contributed by atoms with Gasteiger partial charge in [-0.1, -0.05) is 13.0 Å². The summed E-state index contributed by atoms with van der Waals surface area (Å²) in [5.74, 6) is 0.553. The minimum Gasteiger partial charge on any atom is -0.496 e. The summed E-state index contributed by atoms with van der Waals surface area (Å²) < 4.78 is 7.03. The summed E-state index contributed by atoms with van der Waals surface area (Å²) >= 11 is 0. The lowest BCUT2D eigenvalue weighted by Gasteiger charge is -2.10. The molecule has 0 N–H and O–H groups in total. The van der Waals surface area contributed by atoms with E-state index in [9.17, 15) is 4.79 Å². The van der Waals surface area contributed by atoms with E-state index in [0.29, 0.717) is 17.0 Å². The van der Waals surface area contributed by atoms with Crippen LogP contribution in [0.1, 0.15) is 35.0 Å². The van der Waals surface area contributed by atoms with Gasteiger partial charge in [-0.25, -0.2) is 0 Å². The van der Waals surface area contributed by atoms with E-state index < -0.39 is 0 Å². The molecule has 100 valence electrons. The predicted molar refractivity (Wildman–Crippen MR) is 73.7 cm³/mol. The number of rotatable bonds is 5. The predicted octanol–water partition coefficient (Wildman–Crippen LogP) is 2.84. The molecule has 4 nitrogen and oxygen atoms in total. The topological polar surface area (TPSA) is 44.1 Å². The molecule has 0 atom stereocenters. The fourth-order valence-electron chi connectivity index (χ4n) is 2.04. The Morgan fingerprint density at radius 3 is 2.84 bits per heavy atom. The molecule has 0 fully saturated rings. The van der Waals surface area contributed by atoms with Crippen LogP contribution in [0.15, 0.2) is 30.5 Å². The first-order valence-electron chi connectivity index (χ1n) is 6.38. The average Bonchev–Trinajstić information content (AvgIpc) is 2.86. The first-order valence-corrected chi connectivity index (χ1v) is 6.38. The van der Waals surface area contributed by atoms with Gasteiger partial charge in [-0.15, -0.1) is 0 Å². The fourth-order valence-corrected chi connectivity index (χ4v) is 2.04. The maximum absolute atomic E-state index is 12.6. The third-order valence-corrected chi connectivity index (χ3v) is 2.99. The summed E-state index contributed by atoms with van der Waals surface area (Å²) in [4.78, 5) is 12.6. The Bertz CT molecular complexity index is 588. The number of nitrogens with zero attached hydrogens (tertiary/aromatic N) is 2. The van der Waals surface area contributed by atoms with Gasteiger partial charge >= 0.3 is 0 Å². The van der Waals surface area contributed by atoms with Gasteiger partial charge in [0.1, 0.15) is 11.4 Å². The zero-order valence-electron chi connectivity index (χ0n) is 11.5. The quantitative estimate of drug-likeness (QED) is 0.775. The number of aryl methyl sites for hydroxylation is 2. The van der Waals surface area contributed by atoms with Crippen LogP contribution < -0.4 is 4.74 Å². The lowest BCUT2D eigenvalue weighted by molar-refractivity contribution is 0.102. The average molecular weight is 258 g/mol. The number of ketones is 1. The van der Waals surface area contributed by atoms with Crippen LogP contribution in [0.3, 0.4) is 0 Å². The molecule has 1 aromatic carbocycles. The Hall–Kier alpha value is -2.10. The number of methoxy groups -OCH3 is 1. The van der Waals surface area contributed by atoms with Gasteiger partial charge in [0.2, 0.25) is 5.78 Å². The number of benzene rings is 1. The maximum Gasteiger partial charge on any atom is 0.214 e. The number of hydrogen-bond acceptors (Lipinski definition) is 3. The van der Waals surface area contributed by atoms with Crippen molar-refractivity contribution in [1.29, 1.82) is 0 Å². The van der Waals surface area contributed by atoms with Crippen LogP contribution in [-0.2, 0) is 6.54 Å². The molecule has 0 spiro atoms. The van der Waals surface area contributed by atoms with Crippen molar-refractivity contribution in [3.05, 3.63) is 47.3 Å². The molecule has 4 heteroatoms. The van der Waals surface area contributed by atoms with Crippen LogP contribution in [0.5, 0.6) is 5.75 Å². The van der Waals surface area contributed by atoms with E-state index in [1.165, 1.54) is 0 Å². The van der Waals surface area contributed by atoms with E-state index in [1.807, 2.05) is 19.1 Å². The van der Waals surface area contributed by atoms with Crippen molar-refractivity contribution >= 4 is 5.78 Å². The van der Waals surface area contributed by atoms with Gasteiger partial charge < -0.3 is 4.74 Å². The zero-order chi connectivity index (χ0) is 13.8. The van der Waals surface area contributed by atoms with Gasteiger partial charge in [-0.05, 0) is 37.1 Å². The Kier molecular flexibility index (Phi) is 4.00. The normalized spacial score (nSPS) is 10.5. The number of ether oxygens (including phenoxy) is 1. The molecule has 0 saturated heterocycles. The van der Waals surface area contributed by atoms with Crippen LogP contribution in [-0.4, -0.2) is 22.7 Å². The van der Waals surface area contributed by atoms with E-state index in [0.717, 1.165) is 18.5 Å². The highest BCUT2D eigenvalue weighted by atomic mass is 16.5. The van der Waals surface area contributed by atoms with E-state index >= 15 is 0 Å². The van der Waals surface area contributed by atoms with Crippen molar-refractivity contribution < 1.29 is 9.53 Å². The van der Waals surface area contributed by atoms with Crippen molar-refractivity contribution in [2.45, 2.75) is 26.8 Å². The lowest BCUT2D eigenvalue weighted by atomic mass is 10.0. The molecule has 0 saturated carbocycles. The summed E-state index contributed by atoms with van der Waals surface area (Å²) in [5.41, 5.74) is 2.24. The maximum atomic E-state index is 12.6. The third-order valence-electron chi connectivity index (χ3n) is 2.99. The molecule has 0 bridgehead atoms. The first-order chi connectivity index (χ1) is 9.17. The molecule has 0 aliphatic rings. The molecule has 0 aliphatic carbocycles. The molecule has 1 aromatic heterocycles. The van der Waals surface area contributed by atoms with Gasteiger partial charge in [-0.2, -0.15) is 5.10 Å². The summed E-state index contributed by atoms with van der Waals surface area (Å²) in [6.45, 7) is 4.77. The largest absolute Gasteiger partial charge is 0.496 e. The number of hydrogen-bond donors (Lipinski definition) is 0. The van der Waals surface area contributed by atoms with E-state index in [2.05, 4.69) is 12.0 Å². The highest BCUT2D eigenvalue weighted by Crippen LogP contribution is 2.23. The third kappa shape index (κ3) is 2.67. The van der Waals surface area contributed by atoms with Crippen LogP contribution in [0.4, 0.5) is 0 Å². The molecule has 1 heterocycles. The second-order valence-corrected chi connectivity index (χ2v) is 4.47. The van der Waals surface area contributed by atoms with Gasteiger partial charge in [0, 0.05) is 12.7 Å². The summed E-state index contributed by atoms with van der Waals surface area (Å²) in [7, 11) is 1.58. The summed E-state index contributed by atoms with van der Waals surface area (Å²) in [6, 6.07) is 7.33. The van der Waals surface area contributed by atoms with E-state index in [4.69, 9.17) is 4.74 Å². The van der Waals surface area contributed by atoms with Gasteiger partial charge in [0.15, 0.2) is 0 Å². The monoisotopic (exact) mass is 258 g/mol. The van der Waals surface area contributed by atoms with Crippen LogP contribution in [0.25, 0.3) is 0 Å². The van der Waals surface area contributed by atoms with Crippen molar-refractivity contribution in [2.24, 2.45) is 0 Å². The zero-order valence-corrected chi connectivity index (χ0v) is 11.5. The molecule has 2 aromatic rings. The molecule has 0 amide bonds. The molecular weight excluding hydrogens is 240 g/mol. The van der Waals surface area contributed by atoms with Crippen molar-refractivity contribution in [1.82, 2.24) is 9.78 Å². The van der Waals surface area contributed by atoms with Crippen LogP contribution in [0, 0.1) is 6.92 Å². The Labute approximate surface area is 113 Å². The number of carbonyl (C=O) groups excluding carboxylic acids is 1. The Morgan fingerprint density at radius 1 is 1.37 bits per heavy atom. The molecular formula is C15H18N2O2. The smallest absolute Gasteiger partial charge is 0.214 e. The van der Waals surface area contributed by atoms with E-state index in [-0.39, 0.29) is 5.78 Å². The molecule has 2 rings (SSSR count). The van der Waals surface area contributed by atoms with Crippen LogP contribution >= 0.6 is 0 Å². The highest BCUT2D eigenvalue weighted by molar-refractivity contribution is 6.09. The number of carbonyl (C=O) groups is 1. The SMILES string of the molecule is CCCn1nccc1C(=O)c1ccc(C)cc1OC. The van der Waals surface area contributed by atoms with Crippen molar-refractivity contribution in [2.75, 3.05) is 7.11 Å². The van der Waals surface area contributed by atoms with E-state index in [1.54, 1.807) is 30.1 Å². The Balaban J connectivity index is 2.41. The van der Waals surface area contributed by atoms with Crippen molar-refractivity contribution in [3.63, 3.8) is 0 Å². The molecule has 0 radical (unpaired) electrons. The number of aromatic nitrogens is 2. The first kappa shape index (κ1) is 13.3. The molecule has 0 unspecified atom stereocenters. The molecule has 19 heavy (non-hydrogen) atoms. The lowest BCUT2D eigenvalue weighted by Crippen LogP contribution is -2.12.